The van der Waals surface area contributed by atoms with Gasteiger partial charge in [-0.1, -0.05) is 6.07 Å². The molecular formula is C19H18O7. The number of carboxylic acids is 1. The maximum absolute atomic E-state index is 12.0. The molecule has 0 aliphatic rings. The molecule has 3 rings (SSSR count). The molecule has 7 nitrogen and oxygen atoms in total. The first-order valence-electron chi connectivity index (χ1n) is 7.73. The Labute approximate surface area is 149 Å². The van der Waals surface area contributed by atoms with Crippen molar-refractivity contribution in [3.63, 3.8) is 0 Å². The van der Waals surface area contributed by atoms with E-state index < -0.39 is 12.6 Å². The van der Waals surface area contributed by atoms with Gasteiger partial charge in [0.25, 0.3) is 0 Å². The van der Waals surface area contributed by atoms with Crippen LogP contribution in [-0.2, 0) is 6.61 Å². The number of carbonyl (C=O) groups is 1. The average Bonchev–Trinajstić information content (AvgIpc) is 3.14. The van der Waals surface area contributed by atoms with E-state index in [1.54, 1.807) is 24.3 Å². The molecule has 0 atom stereocenters. The number of furan rings is 1. The normalized spacial score (nSPS) is 10.8. The number of benzene rings is 2. The van der Waals surface area contributed by atoms with Crippen LogP contribution in [0.1, 0.15) is 15.9 Å². The molecule has 2 N–H and O–H groups in total. The van der Waals surface area contributed by atoms with E-state index >= 15 is 0 Å². The van der Waals surface area contributed by atoms with Crippen molar-refractivity contribution in [3.05, 3.63) is 41.7 Å². The highest BCUT2D eigenvalue weighted by Gasteiger charge is 2.27. The third-order valence-corrected chi connectivity index (χ3v) is 4.21. The van der Waals surface area contributed by atoms with Crippen molar-refractivity contribution in [1.82, 2.24) is 0 Å². The minimum absolute atomic E-state index is 0.0842. The monoisotopic (exact) mass is 358 g/mol. The zero-order valence-corrected chi connectivity index (χ0v) is 14.5. The highest BCUT2D eigenvalue weighted by atomic mass is 16.5. The van der Waals surface area contributed by atoms with Gasteiger partial charge < -0.3 is 28.8 Å². The van der Waals surface area contributed by atoms with Gasteiger partial charge in [0.2, 0.25) is 0 Å². The topological polar surface area (TPSA) is 98.4 Å². The summed E-state index contributed by atoms with van der Waals surface area (Å²) in [5, 5.41) is 20.2. The second kappa shape index (κ2) is 6.97. The Morgan fingerprint density at radius 2 is 1.81 bits per heavy atom. The third kappa shape index (κ3) is 2.62. The smallest absolute Gasteiger partial charge is 0.336 e. The summed E-state index contributed by atoms with van der Waals surface area (Å²) in [6.45, 7) is -0.494. The Bertz CT molecular complexity index is 972. The van der Waals surface area contributed by atoms with Crippen LogP contribution in [0.4, 0.5) is 0 Å². The molecular weight excluding hydrogens is 340 g/mol. The van der Waals surface area contributed by atoms with Crippen molar-refractivity contribution in [2.45, 2.75) is 6.61 Å². The van der Waals surface area contributed by atoms with Crippen molar-refractivity contribution in [1.29, 1.82) is 0 Å². The molecule has 7 heteroatoms. The fourth-order valence-electron chi connectivity index (χ4n) is 3.11. The van der Waals surface area contributed by atoms with Crippen molar-refractivity contribution in [2.24, 2.45) is 0 Å². The third-order valence-electron chi connectivity index (χ3n) is 4.21. The first-order valence-corrected chi connectivity index (χ1v) is 7.73. The van der Waals surface area contributed by atoms with Gasteiger partial charge in [-0.05, 0) is 23.8 Å². The second-order valence-electron chi connectivity index (χ2n) is 5.46. The molecule has 1 heterocycles. The van der Waals surface area contributed by atoms with E-state index in [9.17, 15) is 15.0 Å². The van der Waals surface area contributed by atoms with Gasteiger partial charge in [0.15, 0.2) is 11.5 Å². The van der Waals surface area contributed by atoms with Crippen LogP contribution < -0.4 is 14.2 Å². The minimum Gasteiger partial charge on any atom is -0.496 e. The molecule has 0 radical (unpaired) electrons. The number of hydrogen-bond acceptors (Lipinski definition) is 6. The van der Waals surface area contributed by atoms with Gasteiger partial charge in [-0.15, -0.1) is 0 Å². The quantitative estimate of drug-likeness (QED) is 0.697. The number of hydrogen-bond donors (Lipinski definition) is 2. The molecule has 0 saturated heterocycles. The Morgan fingerprint density at radius 1 is 1.08 bits per heavy atom. The van der Waals surface area contributed by atoms with Gasteiger partial charge in [0, 0.05) is 11.1 Å². The molecule has 0 aliphatic carbocycles. The number of aliphatic hydroxyl groups is 1. The summed E-state index contributed by atoms with van der Waals surface area (Å²) < 4.78 is 21.5. The lowest BCUT2D eigenvalue weighted by Gasteiger charge is -2.17. The second-order valence-corrected chi connectivity index (χ2v) is 5.46. The standard InChI is InChI=1S/C19H18O7/c1-23-13-5-4-10(8-14(13)24-2)15-16(19(21)22)12(9-20)17(25-3)11-6-7-26-18(11)15/h4-8,20H,9H2,1-3H3,(H,21,22). The lowest BCUT2D eigenvalue weighted by Crippen LogP contribution is -2.08. The summed E-state index contributed by atoms with van der Waals surface area (Å²) in [6, 6.07) is 6.72. The summed E-state index contributed by atoms with van der Waals surface area (Å²) in [4.78, 5) is 12.0. The van der Waals surface area contributed by atoms with Crippen molar-refractivity contribution >= 4 is 16.9 Å². The molecule has 0 aliphatic heterocycles. The fraction of sp³-hybridized carbons (Fsp3) is 0.211. The van der Waals surface area contributed by atoms with E-state index in [0.29, 0.717) is 33.6 Å². The first kappa shape index (κ1) is 17.6. The van der Waals surface area contributed by atoms with E-state index in [4.69, 9.17) is 18.6 Å². The zero-order valence-electron chi connectivity index (χ0n) is 14.5. The van der Waals surface area contributed by atoms with Crippen LogP contribution in [-0.4, -0.2) is 37.5 Å². The van der Waals surface area contributed by atoms with Crippen LogP contribution >= 0.6 is 0 Å². The van der Waals surface area contributed by atoms with Crippen LogP contribution in [0.2, 0.25) is 0 Å². The van der Waals surface area contributed by atoms with Crippen molar-refractivity contribution in [3.8, 4) is 28.4 Å². The summed E-state index contributed by atoms with van der Waals surface area (Å²) >= 11 is 0. The van der Waals surface area contributed by atoms with Crippen LogP contribution in [0.15, 0.2) is 34.9 Å². The predicted octanol–water partition coefficient (Wildman–Crippen LogP) is 3.32. The number of rotatable bonds is 6. The molecule has 0 amide bonds. The molecule has 0 saturated carbocycles. The highest BCUT2D eigenvalue weighted by Crippen LogP contribution is 2.43. The van der Waals surface area contributed by atoms with Crippen LogP contribution in [0.25, 0.3) is 22.1 Å². The van der Waals surface area contributed by atoms with Gasteiger partial charge in [0.05, 0.1) is 45.1 Å². The number of aliphatic hydroxyl groups excluding tert-OH is 1. The lowest BCUT2D eigenvalue weighted by molar-refractivity contribution is 0.0693. The molecule has 1 aromatic heterocycles. The number of ether oxygens (including phenoxy) is 3. The summed E-state index contributed by atoms with van der Waals surface area (Å²) in [7, 11) is 4.43. The maximum Gasteiger partial charge on any atom is 0.336 e. The zero-order chi connectivity index (χ0) is 18.8. The number of carboxylic acid groups (broad SMARTS) is 1. The summed E-state index contributed by atoms with van der Waals surface area (Å²) in [5.74, 6) is 0.0374. The Morgan fingerprint density at radius 3 is 2.38 bits per heavy atom. The number of fused-ring (bicyclic) bond motifs is 1. The molecule has 26 heavy (non-hydrogen) atoms. The Balaban J connectivity index is 2.44. The first-order chi connectivity index (χ1) is 12.6. The molecule has 2 aromatic carbocycles. The molecule has 136 valence electrons. The summed E-state index contributed by atoms with van der Waals surface area (Å²) in [5.41, 5.74) is 1.34. The molecule has 0 unspecified atom stereocenters. The predicted molar refractivity (Wildman–Crippen MR) is 94.2 cm³/mol. The van der Waals surface area contributed by atoms with Gasteiger partial charge in [-0.25, -0.2) is 4.79 Å². The van der Waals surface area contributed by atoms with Gasteiger partial charge in [0.1, 0.15) is 11.3 Å². The van der Waals surface area contributed by atoms with Crippen molar-refractivity contribution in [2.75, 3.05) is 21.3 Å². The average molecular weight is 358 g/mol. The summed E-state index contributed by atoms with van der Waals surface area (Å²) in [6.07, 6.45) is 1.45. The van der Waals surface area contributed by atoms with Crippen LogP contribution in [0.3, 0.4) is 0 Å². The van der Waals surface area contributed by atoms with E-state index in [1.807, 2.05) is 0 Å². The number of methoxy groups -OCH3 is 3. The van der Waals surface area contributed by atoms with E-state index in [2.05, 4.69) is 0 Å². The van der Waals surface area contributed by atoms with E-state index in [-0.39, 0.29) is 16.9 Å². The van der Waals surface area contributed by atoms with Crippen molar-refractivity contribution < 1.29 is 33.6 Å². The minimum atomic E-state index is -1.20. The highest BCUT2D eigenvalue weighted by molar-refractivity contribution is 6.09. The van der Waals surface area contributed by atoms with Crippen LogP contribution in [0, 0.1) is 0 Å². The van der Waals surface area contributed by atoms with E-state index in [1.165, 1.54) is 27.6 Å². The van der Waals surface area contributed by atoms with Crippen LogP contribution in [0.5, 0.6) is 17.2 Å². The largest absolute Gasteiger partial charge is 0.496 e. The molecule has 3 aromatic rings. The molecule has 0 spiro atoms. The van der Waals surface area contributed by atoms with Gasteiger partial charge >= 0.3 is 5.97 Å². The van der Waals surface area contributed by atoms with Gasteiger partial charge in [-0.2, -0.15) is 0 Å². The van der Waals surface area contributed by atoms with Gasteiger partial charge in [-0.3, -0.25) is 0 Å². The lowest BCUT2D eigenvalue weighted by atomic mass is 9.92. The fourth-order valence-corrected chi connectivity index (χ4v) is 3.11. The SMILES string of the molecule is COc1ccc(-c2c(C(=O)O)c(CO)c(OC)c3ccoc23)cc1OC. The Kier molecular flexibility index (Phi) is 4.73. The molecule has 0 fully saturated rings. The van der Waals surface area contributed by atoms with E-state index in [0.717, 1.165) is 0 Å². The number of aromatic carboxylic acids is 1. The maximum atomic E-state index is 12.0. The molecule has 0 bridgehead atoms. The Hall–Kier alpha value is -3.19.